The summed E-state index contributed by atoms with van der Waals surface area (Å²) in [5.74, 6) is -0.501. The normalized spacial score (nSPS) is 18.4. The molecule has 1 fully saturated rings. The Bertz CT molecular complexity index is 782. The molecule has 0 spiro atoms. The molecule has 0 N–H and O–H groups in total. The molecule has 0 radical (unpaired) electrons. The van der Waals surface area contributed by atoms with Crippen LogP contribution in [-0.2, 0) is 9.59 Å². The van der Waals surface area contributed by atoms with Crippen molar-refractivity contribution >= 4 is 29.1 Å². The van der Waals surface area contributed by atoms with Gasteiger partial charge in [0.05, 0.1) is 17.8 Å². The van der Waals surface area contributed by atoms with E-state index in [1.165, 1.54) is 4.90 Å². The Morgan fingerprint density at radius 2 is 1.91 bits per heavy atom. The van der Waals surface area contributed by atoms with Crippen molar-refractivity contribution in [2.75, 3.05) is 4.90 Å². The maximum Gasteiger partial charge on any atom is 0.259 e. The molecule has 114 valence electrons. The molecule has 22 heavy (non-hydrogen) atoms. The molecule has 1 aliphatic heterocycles. The van der Waals surface area contributed by atoms with Crippen molar-refractivity contribution in [1.29, 1.82) is 0 Å². The Hall–Kier alpha value is -2.14. The first kappa shape index (κ1) is 14.8. The monoisotopic (exact) mass is 317 g/mol. The van der Waals surface area contributed by atoms with Crippen LogP contribution in [-0.4, -0.2) is 21.6 Å². The number of amides is 2. The molecule has 2 aromatic rings. The van der Waals surface area contributed by atoms with Crippen molar-refractivity contribution in [3.05, 3.63) is 46.2 Å². The average Bonchev–Trinajstić information content (AvgIpc) is 2.92. The lowest BCUT2D eigenvalue weighted by Crippen LogP contribution is -2.31. The van der Waals surface area contributed by atoms with E-state index in [9.17, 15) is 9.59 Å². The quantitative estimate of drug-likeness (QED) is 0.800. The molecule has 6 heteroatoms. The standard InChI is InChI=1S/C16H16ClN3O2/c1-9-4-5-12(7-13(9)17)19-15(21)8-14(16(19)22)20-11(3)6-10(2)18-20/h4-7,14H,8H2,1-3H3/t14-/m0/s1. The zero-order valence-electron chi connectivity index (χ0n) is 12.6. The van der Waals surface area contributed by atoms with Crippen LogP contribution in [0.25, 0.3) is 0 Å². The Labute approximate surface area is 133 Å². The van der Waals surface area contributed by atoms with Gasteiger partial charge in [-0.1, -0.05) is 17.7 Å². The summed E-state index contributed by atoms with van der Waals surface area (Å²) in [6.45, 7) is 5.61. The Kier molecular flexibility index (Phi) is 3.53. The van der Waals surface area contributed by atoms with Gasteiger partial charge in [0.15, 0.2) is 0 Å². The molecule has 0 saturated carbocycles. The molecule has 3 rings (SSSR count). The van der Waals surface area contributed by atoms with Crippen LogP contribution in [0, 0.1) is 20.8 Å². The van der Waals surface area contributed by atoms with Gasteiger partial charge < -0.3 is 0 Å². The summed E-state index contributed by atoms with van der Waals surface area (Å²) in [5, 5.41) is 4.86. The van der Waals surface area contributed by atoms with Crippen LogP contribution in [0.2, 0.25) is 5.02 Å². The van der Waals surface area contributed by atoms with E-state index in [2.05, 4.69) is 5.10 Å². The Morgan fingerprint density at radius 1 is 1.18 bits per heavy atom. The van der Waals surface area contributed by atoms with Gasteiger partial charge >= 0.3 is 0 Å². The fourth-order valence-corrected chi connectivity index (χ4v) is 2.94. The number of aromatic nitrogens is 2. The van der Waals surface area contributed by atoms with E-state index >= 15 is 0 Å². The molecular formula is C16H16ClN3O2. The van der Waals surface area contributed by atoms with Gasteiger partial charge in [-0.3, -0.25) is 14.3 Å². The fraction of sp³-hybridized carbons (Fsp3) is 0.312. The van der Waals surface area contributed by atoms with Crippen LogP contribution in [0.15, 0.2) is 24.3 Å². The minimum absolute atomic E-state index is 0.117. The highest BCUT2D eigenvalue weighted by Gasteiger charge is 2.41. The molecule has 1 saturated heterocycles. The first-order valence-corrected chi connectivity index (χ1v) is 7.42. The summed E-state index contributed by atoms with van der Waals surface area (Å²) in [7, 11) is 0. The van der Waals surface area contributed by atoms with E-state index in [1.54, 1.807) is 22.9 Å². The smallest absolute Gasteiger partial charge is 0.259 e. The van der Waals surface area contributed by atoms with Crippen molar-refractivity contribution in [2.24, 2.45) is 0 Å². The molecule has 2 heterocycles. The predicted molar refractivity (Wildman–Crippen MR) is 84.0 cm³/mol. The fourth-order valence-electron chi connectivity index (χ4n) is 2.76. The number of anilines is 1. The minimum atomic E-state index is -0.582. The third-order valence-electron chi connectivity index (χ3n) is 3.88. The van der Waals surface area contributed by atoms with E-state index < -0.39 is 6.04 Å². The number of carbonyl (C=O) groups excluding carboxylic acids is 2. The van der Waals surface area contributed by atoms with E-state index in [0.29, 0.717) is 10.7 Å². The van der Waals surface area contributed by atoms with Gasteiger partial charge in [0.2, 0.25) is 5.91 Å². The summed E-state index contributed by atoms with van der Waals surface area (Å²) < 4.78 is 1.63. The molecule has 2 amide bonds. The highest BCUT2D eigenvalue weighted by molar-refractivity contribution is 6.32. The van der Waals surface area contributed by atoms with Gasteiger partial charge in [0.25, 0.3) is 5.91 Å². The Balaban J connectivity index is 1.98. The van der Waals surface area contributed by atoms with Crippen LogP contribution in [0.4, 0.5) is 5.69 Å². The topological polar surface area (TPSA) is 55.2 Å². The Morgan fingerprint density at radius 3 is 2.50 bits per heavy atom. The second-order valence-electron chi connectivity index (χ2n) is 5.59. The predicted octanol–water partition coefficient (Wildman–Crippen LogP) is 2.97. The molecule has 0 bridgehead atoms. The number of hydrogen-bond acceptors (Lipinski definition) is 3. The van der Waals surface area contributed by atoms with Gasteiger partial charge in [0, 0.05) is 10.7 Å². The average molecular weight is 318 g/mol. The minimum Gasteiger partial charge on any atom is -0.274 e. The maximum atomic E-state index is 12.7. The highest BCUT2D eigenvalue weighted by atomic mass is 35.5. The lowest BCUT2D eigenvalue weighted by Gasteiger charge is -2.16. The maximum absolute atomic E-state index is 12.7. The second-order valence-corrected chi connectivity index (χ2v) is 6.00. The van der Waals surface area contributed by atoms with Crippen LogP contribution in [0.1, 0.15) is 29.4 Å². The summed E-state index contributed by atoms with van der Waals surface area (Å²) >= 11 is 6.10. The van der Waals surface area contributed by atoms with Crippen LogP contribution in [0.3, 0.4) is 0 Å². The number of hydrogen-bond donors (Lipinski definition) is 0. The van der Waals surface area contributed by atoms with Crippen molar-refractivity contribution in [3.8, 4) is 0 Å². The van der Waals surface area contributed by atoms with Gasteiger partial charge in [-0.25, -0.2) is 4.90 Å². The lowest BCUT2D eigenvalue weighted by atomic mass is 10.2. The molecule has 0 unspecified atom stereocenters. The number of halogens is 1. The van der Waals surface area contributed by atoms with Gasteiger partial charge in [0.1, 0.15) is 6.04 Å². The molecule has 1 atom stereocenters. The summed E-state index contributed by atoms with van der Waals surface area (Å²) in [6, 6.07) is 6.50. The van der Waals surface area contributed by atoms with Gasteiger partial charge in [-0.15, -0.1) is 0 Å². The third-order valence-corrected chi connectivity index (χ3v) is 4.28. The third kappa shape index (κ3) is 2.31. The number of rotatable bonds is 2. The lowest BCUT2D eigenvalue weighted by molar-refractivity contribution is -0.122. The summed E-state index contributed by atoms with van der Waals surface area (Å²) in [5.41, 5.74) is 3.11. The number of carbonyl (C=O) groups is 2. The molecule has 1 aliphatic rings. The molecule has 0 aliphatic carbocycles. The summed E-state index contributed by atoms with van der Waals surface area (Å²) in [6.07, 6.45) is 0.117. The van der Waals surface area contributed by atoms with Crippen molar-refractivity contribution in [1.82, 2.24) is 9.78 Å². The molecule has 1 aromatic heterocycles. The number of nitrogens with zero attached hydrogens (tertiary/aromatic N) is 3. The highest BCUT2D eigenvalue weighted by Crippen LogP contribution is 2.32. The van der Waals surface area contributed by atoms with Gasteiger partial charge in [-0.2, -0.15) is 5.10 Å². The van der Waals surface area contributed by atoms with Crippen molar-refractivity contribution in [3.63, 3.8) is 0 Å². The van der Waals surface area contributed by atoms with Crippen LogP contribution >= 0.6 is 11.6 Å². The van der Waals surface area contributed by atoms with E-state index in [-0.39, 0.29) is 18.2 Å². The first-order valence-electron chi connectivity index (χ1n) is 7.04. The van der Waals surface area contributed by atoms with Crippen molar-refractivity contribution in [2.45, 2.75) is 33.2 Å². The zero-order valence-corrected chi connectivity index (χ0v) is 13.4. The number of benzene rings is 1. The van der Waals surface area contributed by atoms with E-state index in [0.717, 1.165) is 17.0 Å². The SMILES string of the molecule is Cc1cc(C)n([C@H]2CC(=O)N(c3ccc(C)c(Cl)c3)C2=O)n1. The van der Waals surface area contributed by atoms with Crippen molar-refractivity contribution < 1.29 is 9.59 Å². The number of aryl methyl sites for hydroxylation is 3. The first-order chi connectivity index (χ1) is 10.4. The molecule has 5 nitrogen and oxygen atoms in total. The van der Waals surface area contributed by atoms with Gasteiger partial charge in [-0.05, 0) is 44.5 Å². The molecule has 1 aromatic carbocycles. The van der Waals surface area contributed by atoms with E-state index in [4.69, 9.17) is 11.6 Å². The molecular weight excluding hydrogens is 302 g/mol. The zero-order chi connectivity index (χ0) is 16.0. The van der Waals surface area contributed by atoms with Crippen LogP contribution < -0.4 is 4.90 Å². The largest absolute Gasteiger partial charge is 0.274 e. The van der Waals surface area contributed by atoms with E-state index in [1.807, 2.05) is 26.8 Å². The van der Waals surface area contributed by atoms with Crippen LogP contribution in [0.5, 0.6) is 0 Å². The summed E-state index contributed by atoms with van der Waals surface area (Å²) in [4.78, 5) is 26.2. The second kappa shape index (κ2) is 5.25. The number of imide groups is 1.